The number of aliphatic hydroxyl groups is 5. The topological polar surface area (TPSA) is 182 Å². The van der Waals surface area contributed by atoms with E-state index in [1.54, 1.807) is 13.0 Å². The molecule has 0 bridgehead atoms. The second-order valence-electron chi connectivity index (χ2n) is 12.4. The zero-order chi connectivity index (χ0) is 32.9. The Kier molecular flexibility index (Phi) is 22.5. The number of aliphatic carboxylic acids is 1. The lowest BCUT2D eigenvalue weighted by Gasteiger charge is -2.24. The largest absolute Gasteiger partial charge is 0.479 e. The summed E-state index contributed by atoms with van der Waals surface area (Å²) in [6.45, 7) is 8.25. The molecule has 10 nitrogen and oxygen atoms in total. The van der Waals surface area contributed by atoms with Crippen LogP contribution in [0.5, 0.6) is 0 Å². The molecule has 0 saturated heterocycles. The smallest absolute Gasteiger partial charge is 0.335 e. The lowest BCUT2D eigenvalue weighted by molar-refractivity contribution is -0.176. The number of aliphatic hydroxyl groups excluding tert-OH is 5. The molecule has 0 aliphatic carbocycles. The summed E-state index contributed by atoms with van der Waals surface area (Å²) in [5.74, 6) is -4.21. The monoisotopic (exact) mass is 616 g/mol. The fourth-order valence-corrected chi connectivity index (χ4v) is 5.32. The van der Waals surface area contributed by atoms with Gasteiger partial charge in [0.2, 0.25) is 0 Å². The molecule has 10 heteroatoms. The van der Waals surface area contributed by atoms with Crippen LogP contribution in [-0.2, 0) is 19.1 Å². The van der Waals surface area contributed by atoms with Gasteiger partial charge in [-0.05, 0) is 50.5 Å². The number of carboxylic acids is 1. The molecule has 6 N–H and O–H groups in total. The Bertz CT molecular complexity index is 814. The van der Waals surface area contributed by atoms with Gasteiger partial charge in [-0.2, -0.15) is 0 Å². The molecule has 8 atom stereocenters. The number of hydrogen-bond acceptors (Lipinski definition) is 9. The Morgan fingerprint density at radius 3 is 1.79 bits per heavy atom. The molecule has 0 saturated carbocycles. The van der Waals surface area contributed by atoms with Crippen LogP contribution < -0.4 is 0 Å². The van der Waals surface area contributed by atoms with Crippen LogP contribution in [0.25, 0.3) is 0 Å². The molecule has 0 aromatic heterocycles. The predicted octanol–water partition coefficient (Wildman–Crippen LogP) is 4.32. The summed E-state index contributed by atoms with van der Waals surface area (Å²) in [7, 11) is 0. The number of allylic oxidation sites excluding steroid dienone is 2. The van der Waals surface area contributed by atoms with E-state index < -0.39 is 60.8 Å². The van der Waals surface area contributed by atoms with Crippen LogP contribution in [0.1, 0.15) is 125 Å². The van der Waals surface area contributed by atoms with Gasteiger partial charge >= 0.3 is 11.9 Å². The molecular formula is C33H60O10. The van der Waals surface area contributed by atoms with E-state index in [4.69, 9.17) is 9.84 Å². The molecule has 43 heavy (non-hydrogen) atoms. The zero-order valence-corrected chi connectivity index (χ0v) is 27.1. The van der Waals surface area contributed by atoms with Crippen molar-refractivity contribution in [1.29, 1.82) is 0 Å². The molecule has 0 heterocycles. The van der Waals surface area contributed by atoms with Gasteiger partial charge in [-0.25, -0.2) is 4.79 Å². The summed E-state index contributed by atoms with van der Waals surface area (Å²) in [5, 5.41) is 58.1. The van der Waals surface area contributed by atoms with Crippen LogP contribution >= 0.6 is 0 Å². The molecule has 0 aromatic rings. The summed E-state index contributed by atoms with van der Waals surface area (Å²) in [5.41, 5.74) is 0.353. The zero-order valence-electron chi connectivity index (χ0n) is 27.1. The number of carbonyl (C=O) groups is 3. The van der Waals surface area contributed by atoms with Gasteiger partial charge in [0.05, 0.1) is 18.8 Å². The van der Waals surface area contributed by atoms with E-state index in [9.17, 15) is 39.9 Å². The van der Waals surface area contributed by atoms with Gasteiger partial charge in [0.15, 0.2) is 18.0 Å². The van der Waals surface area contributed by atoms with Gasteiger partial charge in [0.1, 0.15) is 12.0 Å². The van der Waals surface area contributed by atoms with Crippen LogP contribution in [-0.4, -0.2) is 85.5 Å². The summed E-state index contributed by atoms with van der Waals surface area (Å²) < 4.78 is 4.92. The highest BCUT2D eigenvalue weighted by Crippen LogP contribution is 2.23. The maximum absolute atomic E-state index is 12.8. The first-order valence-corrected chi connectivity index (χ1v) is 16.3. The number of ether oxygens (including phenoxy) is 1. The Morgan fingerprint density at radius 1 is 0.767 bits per heavy atom. The second-order valence-corrected chi connectivity index (χ2v) is 12.4. The van der Waals surface area contributed by atoms with Crippen LogP contribution in [0.4, 0.5) is 0 Å². The highest BCUT2D eigenvalue weighted by molar-refractivity contribution is 6.07. The van der Waals surface area contributed by atoms with Gasteiger partial charge in [-0.3, -0.25) is 9.59 Å². The summed E-state index contributed by atoms with van der Waals surface area (Å²) in [4.78, 5) is 36.1. The van der Waals surface area contributed by atoms with Gasteiger partial charge < -0.3 is 35.4 Å². The van der Waals surface area contributed by atoms with Crippen molar-refractivity contribution in [3.63, 3.8) is 0 Å². The molecule has 0 spiro atoms. The van der Waals surface area contributed by atoms with Crippen molar-refractivity contribution >= 4 is 17.7 Å². The number of hydrogen-bond donors (Lipinski definition) is 6. The normalized spacial score (nSPS) is 17.8. The molecule has 0 rings (SSSR count). The molecular weight excluding hydrogens is 556 g/mol. The minimum atomic E-state index is -2.27. The fraction of sp³-hybridized carbons (Fsp3) is 0.848. The summed E-state index contributed by atoms with van der Waals surface area (Å²) >= 11 is 0. The van der Waals surface area contributed by atoms with E-state index in [1.165, 1.54) is 51.9 Å². The van der Waals surface area contributed by atoms with Crippen molar-refractivity contribution in [3.8, 4) is 0 Å². The molecule has 0 aliphatic rings. The van der Waals surface area contributed by atoms with E-state index in [0.29, 0.717) is 24.3 Å². The second kappa shape index (κ2) is 23.5. The van der Waals surface area contributed by atoms with Crippen molar-refractivity contribution in [1.82, 2.24) is 0 Å². The number of Topliss-reactive ketones (excluding diaryl/α,β-unsaturated/α-hetero) is 1. The van der Waals surface area contributed by atoms with Gasteiger partial charge in [0, 0.05) is 0 Å². The molecule has 0 aromatic carbocycles. The summed E-state index contributed by atoms with van der Waals surface area (Å²) in [6.07, 6.45) is 8.85. The van der Waals surface area contributed by atoms with Gasteiger partial charge in [-0.1, -0.05) is 97.5 Å². The van der Waals surface area contributed by atoms with E-state index in [1.807, 2.05) is 6.92 Å². The molecule has 0 fully saturated rings. The highest BCUT2D eigenvalue weighted by Gasteiger charge is 2.35. The highest BCUT2D eigenvalue weighted by atomic mass is 16.6. The average molecular weight is 617 g/mol. The van der Waals surface area contributed by atoms with Crippen molar-refractivity contribution < 1.29 is 49.8 Å². The molecule has 0 radical (unpaired) electrons. The average Bonchev–Trinajstić information content (AvgIpc) is 2.96. The first-order chi connectivity index (χ1) is 20.3. The third-order valence-electron chi connectivity index (χ3n) is 8.09. The van der Waals surface area contributed by atoms with Crippen LogP contribution in [0, 0.1) is 17.8 Å². The SMILES string of the molecule is CCCCCCCCCCCC(O)C(O)CCCC(C)CC(C)/C=C(\C)C(=O)C(C)C(=O)OC(CO)C(O)C(O)C(=O)O. The van der Waals surface area contributed by atoms with Crippen LogP contribution in [0.2, 0.25) is 0 Å². The maximum atomic E-state index is 12.8. The Balaban J connectivity index is 4.46. The fourth-order valence-electron chi connectivity index (χ4n) is 5.32. The lowest BCUT2D eigenvalue weighted by atomic mass is 9.89. The number of carboxylic acid groups (broad SMARTS) is 1. The predicted molar refractivity (Wildman–Crippen MR) is 165 cm³/mol. The summed E-state index contributed by atoms with van der Waals surface area (Å²) in [6, 6.07) is 0. The Hall–Kier alpha value is -1.85. The number of carbonyl (C=O) groups excluding carboxylic acids is 2. The minimum absolute atomic E-state index is 0.0297. The third kappa shape index (κ3) is 17.9. The number of ketones is 1. The third-order valence-corrected chi connectivity index (χ3v) is 8.09. The van der Waals surface area contributed by atoms with Gasteiger partial charge in [-0.15, -0.1) is 0 Å². The first kappa shape index (κ1) is 41.1. The van der Waals surface area contributed by atoms with Crippen LogP contribution in [0.3, 0.4) is 0 Å². The lowest BCUT2D eigenvalue weighted by Crippen LogP contribution is -2.46. The van der Waals surface area contributed by atoms with Crippen molar-refractivity contribution in [2.75, 3.05) is 6.61 Å². The number of unbranched alkanes of at least 4 members (excludes halogenated alkanes) is 8. The number of rotatable bonds is 26. The molecule has 0 aliphatic heterocycles. The standard InChI is InChI=1S/C33H60O10/c1-6-7-8-9-10-11-12-13-14-17-26(35)27(36)18-15-16-22(2)19-23(3)20-24(4)29(37)25(5)33(42)43-28(21-34)30(38)31(39)32(40)41/h20,22-23,25-28,30-31,34-36,38-39H,6-19,21H2,1-5H3,(H,40,41)/b24-20+. The van der Waals surface area contributed by atoms with E-state index in [0.717, 1.165) is 32.1 Å². The van der Waals surface area contributed by atoms with Crippen molar-refractivity contribution in [2.24, 2.45) is 17.8 Å². The van der Waals surface area contributed by atoms with E-state index in [-0.39, 0.29) is 5.92 Å². The van der Waals surface area contributed by atoms with Crippen LogP contribution in [0.15, 0.2) is 11.6 Å². The molecule has 8 unspecified atom stereocenters. The molecule has 252 valence electrons. The quantitative estimate of drug-likeness (QED) is 0.0354. The van der Waals surface area contributed by atoms with Crippen molar-refractivity contribution in [3.05, 3.63) is 11.6 Å². The number of esters is 1. The van der Waals surface area contributed by atoms with E-state index >= 15 is 0 Å². The van der Waals surface area contributed by atoms with Gasteiger partial charge in [0.25, 0.3) is 0 Å². The first-order valence-electron chi connectivity index (χ1n) is 16.3. The Labute approximate surface area is 258 Å². The molecule has 0 amide bonds. The van der Waals surface area contributed by atoms with E-state index in [2.05, 4.69) is 13.8 Å². The minimum Gasteiger partial charge on any atom is -0.479 e. The Morgan fingerprint density at radius 2 is 1.28 bits per heavy atom. The van der Waals surface area contributed by atoms with Crippen molar-refractivity contribution in [2.45, 2.75) is 155 Å². The maximum Gasteiger partial charge on any atom is 0.335 e.